The number of nitrogens with one attached hydrogen (secondary N) is 1. The van der Waals surface area contributed by atoms with Crippen molar-refractivity contribution in [3.05, 3.63) is 35.4 Å². The van der Waals surface area contributed by atoms with E-state index in [0.29, 0.717) is 12.1 Å². The first-order chi connectivity index (χ1) is 12.0. The number of nitrogens with zero attached hydrogens (tertiary/aromatic N) is 2. The smallest absolute Gasteiger partial charge is 0.254 e. The van der Waals surface area contributed by atoms with Crippen molar-refractivity contribution in [3.63, 3.8) is 0 Å². The fourth-order valence-corrected chi connectivity index (χ4v) is 3.64. The number of hydrogen-bond acceptors (Lipinski definition) is 3. The third-order valence-corrected chi connectivity index (χ3v) is 4.96. The second kappa shape index (κ2) is 7.91. The summed E-state index contributed by atoms with van der Waals surface area (Å²) in [6, 6.07) is 3.26. The molecule has 1 aromatic carbocycles. The molecule has 0 spiro atoms. The Bertz CT molecular complexity index is 653. The lowest BCUT2D eigenvalue weighted by atomic mass is 10.2. The third kappa shape index (κ3) is 4.34. The molecule has 0 radical (unpaired) electrons. The van der Waals surface area contributed by atoms with E-state index in [1.807, 2.05) is 4.90 Å². The maximum Gasteiger partial charge on any atom is 0.254 e. The number of hydrogen-bond donors (Lipinski definition) is 1. The van der Waals surface area contributed by atoms with Gasteiger partial charge in [0.1, 0.15) is 11.6 Å². The Morgan fingerprint density at radius 3 is 2.76 bits per heavy atom. The number of halogens is 2. The SMILES string of the molecule is O=C(NCCC(=O)N1CCCN2CCC[C@@H]2C1)c1ccc(F)cc1F. The minimum absolute atomic E-state index is 0.00799. The lowest BCUT2D eigenvalue weighted by Gasteiger charge is -2.25. The Labute approximate surface area is 146 Å². The fraction of sp³-hybridized carbons (Fsp3) is 0.556. The number of rotatable bonds is 4. The summed E-state index contributed by atoms with van der Waals surface area (Å²) in [5.41, 5.74) is -0.217. The summed E-state index contributed by atoms with van der Waals surface area (Å²) in [5.74, 6) is -2.26. The molecule has 0 saturated carbocycles. The van der Waals surface area contributed by atoms with E-state index in [1.165, 1.54) is 6.42 Å². The minimum atomic E-state index is -0.905. The van der Waals surface area contributed by atoms with Gasteiger partial charge in [-0.1, -0.05) is 0 Å². The van der Waals surface area contributed by atoms with Crippen molar-refractivity contribution in [1.82, 2.24) is 15.1 Å². The van der Waals surface area contributed by atoms with Gasteiger partial charge in [0, 0.05) is 44.7 Å². The van der Waals surface area contributed by atoms with Crippen LogP contribution in [0.5, 0.6) is 0 Å². The summed E-state index contributed by atoms with van der Waals surface area (Å²) in [5, 5.41) is 2.53. The largest absolute Gasteiger partial charge is 0.351 e. The van der Waals surface area contributed by atoms with Crippen molar-refractivity contribution in [2.75, 3.05) is 32.7 Å². The molecule has 1 N–H and O–H groups in total. The molecule has 2 fully saturated rings. The first kappa shape index (κ1) is 17.8. The molecule has 3 rings (SSSR count). The molecule has 2 saturated heterocycles. The predicted octanol–water partition coefficient (Wildman–Crippen LogP) is 1.78. The van der Waals surface area contributed by atoms with Gasteiger partial charge in [-0.25, -0.2) is 8.78 Å². The zero-order valence-corrected chi connectivity index (χ0v) is 14.1. The van der Waals surface area contributed by atoms with Crippen LogP contribution in [-0.4, -0.2) is 60.4 Å². The molecule has 0 unspecified atom stereocenters. The number of fused-ring (bicyclic) bond motifs is 1. The summed E-state index contributed by atoms with van der Waals surface area (Å²) in [6.07, 6.45) is 3.47. The number of carbonyl (C=O) groups excluding carboxylic acids is 2. The molecule has 0 aliphatic carbocycles. The van der Waals surface area contributed by atoms with Crippen molar-refractivity contribution in [1.29, 1.82) is 0 Å². The molecule has 1 atom stereocenters. The molecular weight excluding hydrogens is 328 g/mol. The molecule has 1 aromatic rings. The Morgan fingerprint density at radius 2 is 1.96 bits per heavy atom. The van der Waals surface area contributed by atoms with E-state index >= 15 is 0 Å². The zero-order valence-electron chi connectivity index (χ0n) is 14.1. The average Bonchev–Trinajstić information content (AvgIpc) is 2.91. The number of amides is 2. The van der Waals surface area contributed by atoms with Gasteiger partial charge in [-0.3, -0.25) is 14.5 Å². The van der Waals surface area contributed by atoms with Crippen molar-refractivity contribution in [2.24, 2.45) is 0 Å². The highest BCUT2D eigenvalue weighted by atomic mass is 19.1. The fourth-order valence-electron chi connectivity index (χ4n) is 3.64. The van der Waals surface area contributed by atoms with Gasteiger partial charge in [0.2, 0.25) is 5.91 Å². The van der Waals surface area contributed by atoms with Gasteiger partial charge in [-0.2, -0.15) is 0 Å². The van der Waals surface area contributed by atoms with E-state index in [-0.39, 0.29) is 24.4 Å². The van der Waals surface area contributed by atoms with Crippen LogP contribution < -0.4 is 5.32 Å². The van der Waals surface area contributed by atoms with Crippen LogP contribution in [-0.2, 0) is 4.79 Å². The van der Waals surface area contributed by atoms with E-state index < -0.39 is 17.5 Å². The molecule has 25 heavy (non-hydrogen) atoms. The summed E-state index contributed by atoms with van der Waals surface area (Å²) in [4.78, 5) is 28.7. The van der Waals surface area contributed by atoms with Crippen LogP contribution in [0.3, 0.4) is 0 Å². The van der Waals surface area contributed by atoms with Crippen LogP contribution in [0.2, 0.25) is 0 Å². The molecule has 0 aromatic heterocycles. The zero-order chi connectivity index (χ0) is 17.8. The van der Waals surface area contributed by atoms with Crippen LogP contribution in [0.25, 0.3) is 0 Å². The third-order valence-electron chi connectivity index (χ3n) is 4.96. The predicted molar refractivity (Wildman–Crippen MR) is 89.1 cm³/mol. The molecular formula is C18H23F2N3O2. The Balaban J connectivity index is 1.48. The lowest BCUT2D eigenvalue weighted by molar-refractivity contribution is -0.131. The van der Waals surface area contributed by atoms with Crippen LogP contribution in [0.15, 0.2) is 18.2 Å². The van der Waals surface area contributed by atoms with E-state index in [2.05, 4.69) is 10.2 Å². The Kier molecular flexibility index (Phi) is 5.63. The minimum Gasteiger partial charge on any atom is -0.351 e. The first-order valence-electron chi connectivity index (χ1n) is 8.79. The molecule has 5 nitrogen and oxygen atoms in total. The van der Waals surface area contributed by atoms with Crippen LogP contribution in [0, 0.1) is 11.6 Å². The van der Waals surface area contributed by atoms with E-state index in [1.54, 1.807) is 0 Å². The van der Waals surface area contributed by atoms with Crippen LogP contribution in [0.4, 0.5) is 8.78 Å². The molecule has 136 valence electrons. The first-order valence-corrected chi connectivity index (χ1v) is 8.79. The summed E-state index contributed by atoms with van der Waals surface area (Å²) >= 11 is 0. The topological polar surface area (TPSA) is 52.7 Å². The van der Waals surface area contributed by atoms with Crippen molar-refractivity contribution in [2.45, 2.75) is 31.7 Å². The molecule has 2 aliphatic rings. The van der Waals surface area contributed by atoms with Gasteiger partial charge in [0.05, 0.1) is 5.56 Å². The monoisotopic (exact) mass is 351 g/mol. The van der Waals surface area contributed by atoms with Gasteiger partial charge in [-0.05, 0) is 37.9 Å². The van der Waals surface area contributed by atoms with Gasteiger partial charge in [0.15, 0.2) is 0 Å². The van der Waals surface area contributed by atoms with Gasteiger partial charge >= 0.3 is 0 Å². The van der Waals surface area contributed by atoms with E-state index in [0.717, 1.165) is 51.2 Å². The highest BCUT2D eigenvalue weighted by Gasteiger charge is 2.30. The molecule has 7 heteroatoms. The maximum atomic E-state index is 13.6. The molecule has 0 bridgehead atoms. The molecule has 2 heterocycles. The maximum absolute atomic E-state index is 13.6. The molecule has 2 amide bonds. The van der Waals surface area contributed by atoms with Crippen molar-refractivity contribution >= 4 is 11.8 Å². The van der Waals surface area contributed by atoms with Crippen molar-refractivity contribution < 1.29 is 18.4 Å². The Hall–Kier alpha value is -2.02. The number of benzene rings is 1. The normalized spacial score (nSPS) is 20.9. The second-order valence-electron chi connectivity index (χ2n) is 6.66. The highest BCUT2D eigenvalue weighted by Crippen LogP contribution is 2.21. The Morgan fingerprint density at radius 1 is 1.16 bits per heavy atom. The van der Waals surface area contributed by atoms with Crippen molar-refractivity contribution in [3.8, 4) is 0 Å². The standard InChI is InChI=1S/C18H23F2N3O2/c19-13-4-5-15(16(20)11-13)18(25)21-7-6-17(24)23-10-2-9-22-8-1-3-14(22)12-23/h4-5,11,14H,1-3,6-10,12H2,(H,21,25)/t14-/m1/s1. The van der Waals surface area contributed by atoms with Gasteiger partial charge < -0.3 is 10.2 Å². The van der Waals surface area contributed by atoms with E-state index in [4.69, 9.17) is 0 Å². The average molecular weight is 351 g/mol. The lowest BCUT2D eigenvalue weighted by Crippen LogP contribution is -2.40. The number of carbonyl (C=O) groups is 2. The van der Waals surface area contributed by atoms with Crippen LogP contribution in [0.1, 0.15) is 36.0 Å². The summed E-state index contributed by atoms with van der Waals surface area (Å²) < 4.78 is 26.4. The highest BCUT2D eigenvalue weighted by molar-refractivity contribution is 5.94. The summed E-state index contributed by atoms with van der Waals surface area (Å²) in [7, 11) is 0. The summed E-state index contributed by atoms with van der Waals surface area (Å²) in [6.45, 7) is 3.78. The van der Waals surface area contributed by atoms with Gasteiger partial charge in [0.25, 0.3) is 5.91 Å². The quantitative estimate of drug-likeness (QED) is 0.900. The van der Waals surface area contributed by atoms with Crippen LogP contribution >= 0.6 is 0 Å². The second-order valence-corrected chi connectivity index (χ2v) is 6.66. The van der Waals surface area contributed by atoms with E-state index in [9.17, 15) is 18.4 Å². The molecule has 2 aliphatic heterocycles. The van der Waals surface area contributed by atoms with Gasteiger partial charge in [-0.15, -0.1) is 0 Å².